The summed E-state index contributed by atoms with van der Waals surface area (Å²) < 4.78 is 17.3. The molecule has 3 aromatic heterocycles. The third-order valence-electron chi connectivity index (χ3n) is 4.18. The lowest BCUT2D eigenvalue weighted by atomic mass is 10.1. The van der Waals surface area contributed by atoms with Crippen molar-refractivity contribution in [3.63, 3.8) is 0 Å². The van der Waals surface area contributed by atoms with Crippen LogP contribution in [0.3, 0.4) is 0 Å². The predicted molar refractivity (Wildman–Crippen MR) is 102 cm³/mol. The highest BCUT2D eigenvalue weighted by Crippen LogP contribution is 2.33. The number of halogens is 1. The van der Waals surface area contributed by atoms with E-state index in [-0.39, 0.29) is 11.8 Å². The summed E-state index contributed by atoms with van der Waals surface area (Å²) in [5.41, 5.74) is 2.18. The summed E-state index contributed by atoms with van der Waals surface area (Å²) in [5.74, 6) is 0.756. The van der Waals surface area contributed by atoms with Gasteiger partial charge >= 0.3 is 0 Å². The molecule has 134 valence electrons. The minimum Gasteiger partial charge on any atom is -0.346 e. The third kappa shape index (κ3) is 3.37. The van der Waals surface area contributed by atoms with E-state index in [2.05, 4.69) is 25.0 Å². The first-order valence-electron chi connectivity index (χ1n) is 8.49. The lowest BCUT2D eigenvalue weighted by Gasteiger charge is -2.10. The number of aromatic amines is 1. The van der Waals surface area contributed by atoms with Gasteiger partial charge in [-0.3, -0.25) is 4.79 Å². The Morgan fingerprint density at radius 3 is 2.92 bits per heavy atom. The number of fused-ring (bicyclic) bond motifs is 1. The van der Waals surface area contributed by atoms with Crippen LogP contribution in [-0.4, -0.2) is 26.6 Å². The van der Waals surface area contributed by atoms with Crippen LogP contribution in [0.4, 0.5) is 15.9 Å². The van der Waals surface area contributed by atoms with Crippen molar-refractivity contribution in [2.45, 2.75) is 19.8 Å². The van der Waals surface area contributed by atoms with Crippen molar-refractivity contribution in [3.8, 4) is 11.3 Å². The van der Waals surface area contributed by atoms with E-state index in [1.807, 2.05) is 13.0 Å². The fraction of sp³-hybridized carbons (Fsp3) is 0.278. The Kier molecular flexibility index (Phi) is 4.50. The molecule has 0 saturated heterocycles. The quantitative estimate of drug-likeness (QED) is 0.447. The van der Waals surface area contributed by atoms with Crippen molar-refractivity contribution in [1.29, 1.82) is 0 Å². The van der Waals surface area contributed by atoms with Crippen molar-refractivity contribution >= 4 is 40.4 Å². The van der Waals surface area contributed by atoms with E-state index in [9.17, 15) is 9.18 Å². The second-order valence-corrected chi connectivity index (χ2v) is 7.20. The lowest BCUT2D eigenvalue weighted by Crippen LogP contribution is -2.14. The summed E-state index contributed by atoms with van der Waals surface area (Å²) in [7, 11) is 0. The molecule has 1 amide bonds. The first-order chi connectivity index (χ1) is 12.7. The number of rotatable bonds is 6. The number of anilines is 2. The summed E-state index contributed by atoms with van der Waals surface area (Å²) in [6, 6.07) is 7.03. The molecule has 26 heavy (non-hydrogen) atoms. The van der Waals surface area contributed by atoms with Crippen molar-refractivity contribution in [2.75, 3.05) is 15.8 Å². The highest BCUT2D eigenvalue weighted by molar-refractivity contribution is 8.00. The maximum atomic E-state index is 14.3. The molecule has 3 N–H and O–H groups in total. The molecule has 4 rings (SSSR count). The van der Waals surface area contributed by atoms with Crippen LogP contribution in [-0.2, 0) is 4.79 Å². The fourth-order valence-corrected chi connectivity index (χ4v) is 3.15. The van der Waals surface area contributed by atoms with E-state index in [1.54, 1.807) is 24.4 Å². The molecule has 1 fully saturated rings. The molecule has 0 spiro atoms. The number of carbonyl (C=O) groups is 1. The van der Waals surface area contributed by atoms with Gasteiger partial charge in [0.1, 0.15) is 11.5 Å². The van der Waals surface area contributed by atoms with Gasteiger partial charge in [-0.1, -0.05) is 18.9 Å². The summed E-state index contributed by atoms with van der Waals surface area (Å²) in [4.78, 5) is 23.6. The SMILES string of the molecule is CCSNc1ccc(-c2cc(NC(=O)C3CC3)nc3[nH]ccc23)nc1F. The molecule has 3 heterocycles. The largest absolute Gasteiger partial charge is 0.346 e. The monoisotopic (exact) mass is 371 g/mol. The molecule has 1 aliphatic carbocycles. The number of pyridine rings is 2. The minimum absolute atomic E-state index is 0.0235. The van der Waals surface area contributed by atoms with Crippen LogP contribution < -0.4 is 10.0 Å². The van der Waals surface area contributed by atoms with E-state index in [4.69, 9.17) is 0 Å². The van der Waals surface area contributed by atoms with E-state index >= 15 is 0 Å². The van der Waals surface area contributed by atoms with Crippen LogP contribution in [0.2, 0.25) is 0 Å². The van der Waals surface area contributed by atoms with E-state index in [0.717, 1.165) is 29.5 Å². The summed E-state index contributed by atoms with van der Waals surface area (Å²) in [5, 5.41) is 3.67. The van der Waals surface area contributed by atoms with Gasteiger partial charge < -0.3 is 15.0 Å². The fourth-order valence-electron chi connectivity index (χ4n) is 2.70. The lowest BCUT2D eigenvalue weighted by molar-refractivity contribution is -0.117. The van der Waals surface area contributed by atoms with Gasteiger partial charge in [0.25, 0.3) is 0 Å². The van der Waals surface area contributed by atoms with Crippen LogP contribution in [0.5, 0.6) is 0 Å². The molecule has 0 bridgehead atoms. The van der Waals surface area contributed by atoms with Crippen molar-refractivity contribution in [2.24, 2.45) is 5.92 Å². The smallest absolute Gasteiger partial charge is 0.237 e. The Balaban J connectivity index is 1.71. The van der Waals surface area contributed by atoms with Crippen LogP contribution in [0.25, 0.3) is 22.3 Å². The van der Waals surface area contributed by atoms with Gasteiger partial charge in [-0.2, -0.15) is 4.39 Å². The average molecular weight is 371 g/mol. The predicted octanol–water partition coefficient (Wildman–Crippen LogP) is 4.19. The Labute approximate surface area is 154 Å². The van der Waals surface area contributed by atoms with Gasteiger partial charge in [0.05, 0.1) is 11.4 Å². The molecule has 8 heteroatoms. The van der Waals surface area contributed by atoms with Gasteiger partial charge in [-0.05, 0) is 37.1 Å². The number of nitrogens with one attached hydrogen (secondary N) is 3. The number of carbonyl (C=O) groups excluding carboxylic acids is 1. The first-order valence-corrected chi connectivity index (χ1v) is 9.48. The van der Waals surface area contributed by atoms with Crippen LogP contribution >= 0.6 is 11.9 Å². The van der Waals surface area contributed by atoms with Gasteiger partial charge in [0.2, 0.25) is 11.9 Å². The summed E-state index contributed by atoms with van der Waals surface area (Å²) in [6.07, 6.45) is 3.60. The molecule has 0 radical (unpaired) electrons. The third-order valence-corrected chi connectivity index (χ3v) is 4.83. The average Bonchev–Trinajstić information content (AvgIpc) is 3.38. The zero-order valence-electron chi connectivity index (χ0n) is 14.2. The number of amides is 1. The second-order valence-electron chi connectivity index (χ2n) is 6.13. The molecule has 6 nitrogen and oxygen atoms in total. The molecule has 0 unspecified atom stereocenters. The van der Waals surface area contributed by atoms with Crippen LogP contribution in [0, 0.1) is 11.9 Å². The zero-order chi connectivity index (χ0) is 18.1. The van der Waals surface area contributed by atoms with E-state index in [0.29, 0.717) is 22.8 Å². The van der Waals surface area contributed by atoms with Gasteiger partial charge in [0.15, 0.2) is 0 Å². The molecule has 0 aliphatic heterocycles. The molecule has 0 aromatic carbocycles. The van der Waals surface area contributed by atoms with Crippen LogP contribution in [0.1, 0.15) is 19.8 Å². The normalized spacial score (nSPS) is 13.8. The topological polar surface area (TPSA) is 82.7 Å². The highest BCUT2D eigenvalue weighted by Gasteiger charge is 2.30. The number of H-pyrrole nitrogens is 1. The molecular formula is C18H18FN5OS. The number of hydrogen-bond donors (Lipinski definition) is 3. The maximum absolute atomic E-state index is 14.3. The van der Waals surface area contributed by atoms with Crippen LogP contribution in [0.15, 0.2) is 30.5 Å². The Hall–Kier alpha value is -2.61. The summed E-state index contributed by atoms with van der Waals surface area (Å²) >= 11 is 1.41. The van der Waals surface area contributed by atoms with E-state index in [1.165, 1.54) is 11.9 Å². The molecule has 3 aromatic rings. The van der Waals surface area contributed by atoms with Crippen molar-refractivity contribution in [1.82, 2.24) is 15.0 Å². The number of aromatic nitrogens is 3. The Morgan fingerprint density at radius 2 is 2.19 bits per heavy atom. The Bertz CT molecular complexity index is 969. The number of nitrogens with zero attached hydrogens (tertiary/aromatic N) is 2. The zero-order valence-corrected chi connectivity index (χ0v) is 15.0. The van der Waals surface area contributed by atoms with E-state index < -0.39 is 5.95 Å². The van der Waals surface area contributed by atoms with Crippen molar-refractivity contribution in [3.05, 3.63) is 36.4 Å². The maximum Gasteiger partial charge on any atom is 0.237 e. The number of hydrogen-bond acceptors (Lipinski definition) is 5. The molecular weight excluding hydrogens is 353 g/mol. The molecule has 1 aliphatic rings. The summed E-state index contributed by atoms with van der Waals surface area (Å²) in [6.45, 7) is 1.98. The van der Waals surface area contributed by atoms with Gasteiger partial charge in [0, 0.05) is 28.8 Å². The first kappa shape index (κ1) is 16.8. The molecule has 0 atom stereocenters. The standard InChI is InChI=1S/C18H18FN5OS/c1-2-26-24-14-6-5-13(21-16(14)19)12-9-15(23-18(25)10-3-4-10)22-17-11(12)7-8-20-17/h5-10,24H,2-4H2,1H3,(H2,20,22,23,25). The Morgan fingerprint density at radius 1 is 1.35 bits per heavy atom. The molecule has 1 saturated carbocycles. The van der Waals surface area contributed by atoms with Crippen molar-refractivity contribution < 1.29 is 9.18 Å². The van der Waals surface area contributed by atoms with Gasteiger partial charge in [-0.25, -0.2) is 9.97 Å². The van der Waals surface area contributed by atoms with Gasteiger partial charge in [-0.15, -0.1) is 0 Å². The minimum atomic E-state index is -0.562. The highest BCUT2D eigenvalue weighted by atomic mass is 32.2. The second kappa shape index (κ2) is 6.95.